The van der Waals surface area contributed by atoms with Gasteiger partial charge in [-0.2, -0.15) is 0 Å². The van der Waals surface area contributed by atoms with Crippen molar-refractivity contribution in [2.24, 2.45) is 0 Å². The number of ether oxygens (including phenoxy) is 5. The van der Waals surface area contributed by atoms with Gasteiger partial charge in [0.05, 0.1) is 19.8 Å². The average Bonchev–Trinajstić information content (AvgIpc) is 2.82. The molecule has 0 saturated carbocycles. The van der Waals surface area contributed by atoms with Gasteiger partial charge in [-0.15, -0.1) is 0 Å². The van der Waals surface area contributed by atoms with Gasteiger partial charge in [-0.25, -0.2) is 0 Å². The van der Waals surface area contributed by atoms with E-state index in [4.69, 9.17) is 23.7 Å². The van der Waals surface area contributed by atoms with E-state index in [1.807, 2.05) is 0 Å². The van der Waals surface area contributed by atoms with E-state index in [1.54, 1.807) is 0 Å². The van der Waals surface area contributed by atoms with E-state index >= 15 is 0 Å². The lowest BCUT2D eigenvalue weighted by Gasteiger charge is -2.45. The van der Waals surface area contributed by atoms with Gasteiger partial charge in [0.1, 0.15) is 73.2 Å². The van der Waals surface area contributed by atoms with E-state index in [9.17, 15) is 56.2 Å². The van der Waals surface area contributed by atoms with Crippen molar-refractivity contribution in [2.45, 2.75) is 92.1 Å². The summed E-state index contributed by atoms with van der Waals surface area (Å²) >= 11 is 0. The summed E-state index contributed by atoms with van der Waals surface area (Å²) in [5.74, 6) is 0. The molecule has 3 rings (SSSR count). The molecule has 0 spiro atoms. The summed E-state index contributed by atoms with van der Waals surface area (Å²) in [6, 6.07) is 0. The van der Waals surface area contributed by atoms with Crippen molar-refractivity contribution in [3.8, 4) is 0 Å². The molecule has 0 aromatic rings. The monoisotopic (exact) mass is 504 g/mol. The fourth-order valence-corrected chi connectivity index (χ4v) is 3.94. The Morgan fingerprint density at radius 3 is 1.59 bits per heavy atom. The van der Waals surface area contributed by atoms with Crippen LogP contribution in [0.3, 0.4) is 0 Å². The van der Waals surface area contributed by atoms with E-state index < -0.39 is 112 Å². The lowest BCUT2D eigenvalue weighted by Crippen LogP contribution is -2.65. The first-order chi connectivity index (χ1) is 16.0. The van der Waals surface area contributed by atoms with Gasteiger partial charge in [-0.05, 0) is 0 Å². The molecule has 34 heavy (non-hydrogen) atoms. The summed E-state index contributed by atoms with van der Waals surface area (Å²) in [6.45, 7) is -2.06. The SMILES string of the molecule is OC[C@H]1O[C@@H](OC[C@H]2O[C@@H](O[C@H]3[C@@H](O)[C@@H](CO)OC(O)[C@@H]3O)[C@H](O)[C@@H](O)[C@H]2O)[C@H](O)[C@@H](O)[C@H]1O. The minimum Gasteiger partial charge on any atom is -0.394 e. The summed E-state index contributed by atoms with van der Waals surface area (Å²) in [4.78, 5) is 0. The van der Waals surface area contributed by atoms with E-state index in [1.165, 1.54) is 0 Å². The van der Waals surface area contributed by atoms with Gasteiger partial charge < -0.3 is 79.9 Å². The zero-order valence-corrected chi connectivity index (χ0v) is 17.7. The minimum absolute atomic E-state index is 0.617. The van der Waals surface area contributed by atoms with E-state index in [0.29, 0.717) is 0 Å². The second-order valence-corrected chi connectivity index (χ2v) is 8.37. The highest BCUT2D eigenvalue weighted by molar-refractivity contribution is 4.94. The predicted octanol–water partition coefficient (Wildman–Crippen LogP) is -7.57. The van der Waals surface area contributed by atoms with Crippen molar-refractivity contribution in [3.63, 3.8) is 0 Å². The number of hydrogen-bond acceptors (Lipinski definition) is 16. The Kier molecular flexibility index (Phi) is 9.54. The first kappa shape index (κ1) is 27.9. The molecule has 3 fully saturated rings. The molecule has 0 bridgehead atoms. The number of aliphatic hydroxyl groups excluding tert-OH is 11. The molecule has 0 aliphatic carbocycles. The summed E-state index contributed by atoms with van der Waals surface area (Å²) in [6.07, 6.45) is -25.0. The minimum atomic E-state index is -1.88. The van der Waals surface area contributed by atoms with Crippen LogP contribution in [0, 0.1) is 0 Å². The number of hydrogen-bond donors (Lipinski definition) is 11. The predicted molar refractivity (Wildman–Crippen MR) is 101 cm³/mol. The van der Waals surface area contributed by atoms with Crippen LogP contribution in [0.15, 0.2) is 0 Å². The van der Waals surface area contributed by atoms with Crippen molar-refractivity contribution in [2.75, 3.05) is 19.8 Å². The van der Waals surface area contributed by atoms with Crippen molar-refractivity contribution >= 4 is 0 Å². The Balaban J connectivity index is 1.66. The molecule has 3 aliphatic rings. The van der Waals surface area contributed by atoms with Crippen molar-refractivity contribution < 1.29 is 79.9 Å². The molecule has 3 saturated heterocycles. The third-order valence-corrected chi connectivity index (χ3v) is 6.07. The largest absolute Gasteiger partial charge is 0.394 e. The van der Waals surface area contributed by atoms with Crippen LogP contribution < -0.4 is 0 Å². The highest BCUT2D eigenvalue weighted by Crippen LogP contribution is 2.29. The van der Waals surface area contributed by atoms with Crippen molar-refractivity contribution in [1.29, 1.82) is 0 Å². The molecular weight excluding hydrogens is 472 g/mol. The zero-order chi connectivity index (χ0) is 25.3. The molecule has 0 aromatic heterocycles. The molecule has 16 heteroatoms. The number of aliphatic hydroxyl groups is 11. The Bertz CT molecular complexity index is 639. The maximum atomic E-state index is 10.3. The zero-order valence-electron chi connectivity index (χ0n) is 17.7. The van der Waals surface area contributed by atoms with Crippen LogP contribution in [-0.2, 0) is 23.7 Å². The van der Waals surface area contributed by atoms with Crippen LogP contribution >= 0.6 is 0 Å². The fraction of sp³-hybridized carbons (Fsp3) is 1.00. The summed E-state index contributed by atoms with van der Waals surface area (Å²) in [5.41, 5.74) is 0. The maximum absolute atomic E-state index is 10.3. The Morgan fingerprint density at radius 2 is 1.00 bits per heavy atom. The Morgan fingerprint density at radius 1 is 0.500 bits per heavy atom. The molecule has 3 heterocycles. The average molecular weight is 504 g/mol. The molecule has 200 valence electrons. The highest BCUT2D eigenvalue weighted by Gasteiger charge is 2.51. The van der Waals surface area contributed by atoms with Crippen LogP contribution in [-0.4, -0.2) is 168 Å². The third kappa shape index (κ3) is 5.52. The van der Waals surface area contributed by atoms with Gasteiger partial charge in [0, 0.05) is 0 Å². The van der Waals surface area contributed by atoms with Gasteiger partial charge in [0.25, 0.3) is 0 Å². The molecular formula is C18H32O16. The number of rotatable bonds is 7. The summed E-state index contributed by atoms with van der Waals surface area (Å²) in [7, 11) is 0. The van der Waals surface area contributed by atoms with Gasteiger partial charge in [0.15, 0.2) is 18.9 Å². The lowest BCUT2D eigenvalue weighted by atomic mass is 9.97. The van der Waals surface area contributed by atoms with Crippen LogP contribution in [0.2, 0.25) is 0 Å². The maximum Gasteiger partial charge on any atom is 0.187 e. The molecule has 11 N–H and O–H groups in total. The molecule has 15 atom stereocenters. The lowest BCUT2D eigenvalue weighted by molar-refractivity contribution is -0.362. The smallest absolute Gasteiger partial charge is 0.187 e. The van der Waals surface area contributed by atoms with E-state index in [-0.39, 0.29) is 0 Å². The fourth-order valence-electron chi connectivity index (χ4n) is 3.94. The molecule has 0 amide bonds. The van der Waals surface area contributed by atoms with Gasteiger partial charge in [-0.1, -0.05) is 0 Å². The second kappa shape index (κ2) is 11.6. The summed E-state index contributed by atoms with van der Waals surface area (Å²) < 4.78 is 26.1. The third-order valence-electron chi connectivity index (χ3n) is 6.07. The molecule has 3 aliphatic heterocycles. The van der Waals surface area contributed by atoms with Crippen molar-refractivity contribution in [3.05, 3.63) is 0 Å². The van der Waals surface area contributed by atoms with Crippen LogP contribution in [0.5, 0.6) is 0 Å². The quantitative estimate of drug-likeness (QED) is 0.154. The Labute approximate surface area is 192 Å². The van der Waals surface area contributed by atoms with Gasteiger partial charge >= 0.3 is 0 Å². The Hall–Kier alpha value is -0.640. The first-order valence-corrected chi connectivity index (χ1v) is 10.6. The highest BCUT2D eigenvalue weighted by atomic mass is 16.7. The molecule has 1 unspecified atom stereocenters. The summed E-state index contributed by atoms with van der Waals surface area (Å²) in [5, 5.41) is 109. The standard InChI is InChI=1S/C18H32O16/c19-1-4-7(21)10(24)12(26)17(32-4)30-3-6-8(22)11(25)13(27)18(33-6)34-15-9(23)5(2-20)31-16(29)14(15)28/h4-29H,1-3H2/t4-,5-,6-,7+,8+,9+,10+,11+,12-,13-,14-,15+,16?,17-,18+/m1/s1. The molecule has 16 nitrogen and oxygen atoms in total. The molecule has 0 aromatic carbocycles. The van der Waals surface area contributed by atoms with Gasteiger partial charge in [-0.3, -0.25) is 0 Å². The van der Waals surface area contributed by atoms with Crippen LogP contribution in [0.1, 0.15) is 0 Å². The van der Waals surface area contributed by atoms with Crippen LogP contribution in [0.25, 0.3) is 0 Å². The first-order valence-electron chi connectivity index (χ1n) is 10.6. The normalized spacial score (nSPS) is 52.5. The molecule has 0 radical (unpaired) electrons. The van der Waals surface area contributed by atoms with E-state index in [0.717, 1.165) is 0 Å². The van der Waals surface area contributed by atoms with Gasteiger partial charge in [0.2, 0.25) is 0 Å². The van der Waals surface area contributed by atoms with Crippen LogP contribution in [0.4, 0.5) is 0 Å². The van der Waals surface area contributed by atoms with E-state index in [2.05, 4.69) is 0 Å². The van der Waals surface area contributed by atoms with Crippen molar-refractivity contribution in [1.82, 2.24) is 0 Å². The second-order valence-electron chi connectivity index (χ2n) is 8.37. The topological polar surface area (TPSA) is 269 Å².